The fourth-order valence-electron chi connectivity index (χ4n) is 1.77. The molecule has 0 saturated heterocycles. The van der Waals surface area contributed by atoms with E-state index in [1.165, 1.54) is 5.56 Å². The molecule has 2 N–H and O–H groups in total. The van der Waals surface area contributed by atoms with Crippen molar-refractivity contribution in [2.24, 2.45) is 5.92 Å². The van der Waals surface area contributed by atoms with Gasteiger partial charge in [-0.15, -0.1) is 11.3 Å². The minimum absolute atomic E-state index is 0.309. The molecule has 1 aromatic heterocycles. The molecule has 0 fully saturated rings. The molecular formula is C13H23BrN2OS. The van der Waals surface area contributed by atoms with Crippen LogP contribution in [0.25, 0.3) is 0 Å². The van der Waals surface area contributed by atoms with Crippen LogP contribution in [-0.4, -0.2) is 42.8 Å². The van der Waals surface area contributed by atoms with Gasteiger partial charge in [0, 0.05) is 19.6 Å². The number of hydrogen-bond acceptors (Lipinski definition) is 4. The molecule has 3 nitrogen and oxygen atoms in total. The first-order valence-corrected chi connectivity index (χ1v) is 7.95. The maximum absolute atomic E-state index is 9.90. The number of aliphatic hydroxyl groups is 1. The van der Waals surface area contributed by atoms with Crippen LogP contribution in [-0.2, 0) is 6.54 Å². The Morgan fingerprint density at radius 1 is 1.44 bits per heavy atom. The van der Waals surface area contributed by atoms with Gasteiger partial charge in [-0.05, 0) is 52.5 Å². The molecule has 0 aliphatic rings. The Morgan fingerprint density at radius 2 is 2.17 bits per heavy atom. The van der Waals surface area contributed by atoms with Crippen molar-refractivity contribution < 1.29 is 5.11 Å². The summed E-state index contributed by atoms with van der Waals surface area (Å²) in [6.07, 6.45) is -0.309. The number of likely N-dealkylation sites (N-methyl/N-ethyl adjacent to an activating group) is 1. The Balaban J connectivity index is 2.20. The summed E-state index contributed by atoms with van der Waals surface area (Å²) in [5.74, 6) is 0.623. The van der Waals surface area contributed by atoms with Crippen molar-refractivity contribution >= 4 is 27.3 Å². The number of hydrogen-bond donors (Lipinski definition) is 2. The largest absolute Gasteiger partial charge is 0.390 e. The summed E-state index contributed by atoms with van der Waals surface area (Å²) in [6.45, 7) is 7.52. The molecule has 1 aromatic rings. The van der Waals surface area contributed by atoms with Crippen LogP contribution < -0.4 is 5.32 Å². The summed E-state index contributed by atoms with van der Waals surface area (Å²) in [5.41, 5.74) is 1.29. The third-order valence-corrected chi connectivity index (χ3v) is 4.08. The number of nitrogens with one attached hydrogen (secondary N) is 1. The lowest BCUT2D eigenvalue weighted by Crippen LogP contribution is -2.37. The molecule has 5 heteroatoms. The Labute approximate surface area is 122 Å². The summed E-state index contributed by atoms with van der Waals surface area (Å²) in [5, 5.41) is 15.3. The Hall–Kier alpha value is 0.0600. The highest BCUT2D eigenvalue weighted by Gasteiger charge is 2.09. The van der Waals surface area contributed by atoms with Crippen molar-refractivity contribution in [1.82, 2.24) is 10.2 Å². The lowest BCUT2D eigenvalue weighted by atomic mass is 10.2. The monoisotopic (exact) mass is 334 g/mol. The van der Waals surface area contributed by atoms with Gasteiger partial charge in [-0.25, -0.2) is 0 Å². The molecule has 104 valence electrons. The van der Waals surface area contributed by atoms with Crippen LogP contribution in [0.15, 0.2) is 15.2 Å². The molecule has 1 rings (SSSR count). The molecule has 0 radical (unpaired) electrons. The minimum Gasteiger partial charge on any atom is -0.390 e. The van der Waals surface area contributed by atoms with Gasteiger partial charge < -0.3 is 10.4 Å². The van der Waals surface area contributed by atoms with E-state index in [-0.39, 0.29) is 6.10 Å². The van der Waals surface area contributed by atoms with Gasteiger partial charge in [0.05, 0.1) is 9.89 Å². The standard InChI is InChI=1S/C13H23BrN2OS/c1-10(2)5-15-6-12(17)8-16(3)7-11-4-13(14)18-9-11/h4,9-10,12,15,17H,5-8H2,1-3H3. The molecule has 1 atom stereocenters. The SMILES string of the molecule is CC(C)CNCC(O)CN(C)Cc1csc(Br)c1. The Morgan fingerprint density at radius 3 is 2.72 bits per heavy atom. The van der Waals surface area contributed by atoms with E-state index in [1.807, 2.05) is 7.05 Å². The van der Waals surface area contributed by atoms with E-state index >= 15 is 0 Å². The predicted molar refractivity (Wildman–Crippen MR) is 82.1 cm³/mol. The van der Waals surface area contributed by atoms with E-state index in [9.17, 15) is 5.11 Å². The van der Waals surface area contributed by atoms with Crippen molar-refractivity contribution in [3.05, 3.63) is 20.8 Å². The normalized spacial score (nSPS) is 13.5. The summed E-state index contributed by atoms with van der Waals surface area (Å²) in [7, 11) is 2.04. The molecule has 0 aromatic carbocycles. The molecule has 1 heterocycles. The minimum atomic E-state index is -0.309. The van der Waals surface area contributed by atoms with Crippen molar-refractivity contribution in [3.8, 4) is 0 Å². The first-order valence-electron chi connectivity index (χ1n) is 6.27. The predicted octanol–water partition coefficient (Wildman–Crippen LogP) is 2.55. The number of thiophene rings is 1. The van der Waals surface area contributed by atoms with Gasteiger partial charge in [0.1, 0.15) is 0 Å². The van der Waals surface area contributed by atoms with Crippen LogP contribution in [0.3, 0.4) is 0 Å². The molecule has 18 heavy (non-hydrogen) atoms. The fourth-order valence-corrected chi connectivity index (χ4v) is 2.97. The van der Waals surface area contributed by atoms with E-state index in [0.717, 1.165) is 16.9 Å². The van der Waals surface area contributed by atoms with Crippen LogP contribution in [0.2, 0.25) is 0 Å². The second-order valence-corrected chi connectivity index (χ2v) is 7.45. The summed E-state index contributed by atoms with van der Waals surface area (Å²) >= 11 is 5.16. The summed E-state index contributed by atoms with van der Waals surface area (Å²) in [6, 6.07) is 2.13. The quantitative estimate of drug-likeness (QED) is 0.766. The van der Waals surface area contributed by atoms with Crippen LogP contribution in [0, 0.1) is 5.92 Å². The maximum atomic E-state index is 9.90. The lowest BCUT2D eigenvalue weighted by molar-refractivity contribution is 0.120. The highest BCUT2D eigenvalue weighted by atomic mass is 79.9. The third-order valence-electron chi connectivity index (χ3n) is 2.53. The van der Waals surface area contributed by atoms with Gasteiger partial charge in [-0.1, -0.05) is 13.8 Å². The van der Waals surface area contributed by atoms with Gasteiger partial charge in [0.25, 0.3) is 0 Å². The number of rotatable bonds is 8. The van der Waals surface area contributed by atoms with E-state index < -0.39 is 0 Å². The van der Waals surface area contributed by atoms with Gasteiger partial charge >= 0.3 is 0 Å². The number of nitrogens with zero attached hydrogens (tertiary/aromatic N) is 1. The second-order valence-electron chi connectivity index (χ2n) is 5.16. The van der Waals surface area contributed by atoms with Crippen molar-refractivity contribution in [2.75, 3.05) is 26.7 Å². The highest BCUT2D eigenvalue weighted by molar-refractivity contribution is 9.11. The topological polar surface area (TPSA) is 35.5 Å². The smallest absolute Gasteiger partial charge is 0.0791 e. The van der Waals surface area contributed by atoms with Crippen LogP contribution in [0.4, 0.5) is 0 Å². The van der Waals surface area contributed by atoms with E-state index in [4.69, 9.17) is 0 Å². The zero-order chi connectivity index (χ0) is 13.5. The fraction of sp³-hybridized carbons (Fsp3) is 0.692. The lowest BCUT2D eigenvalue weighted by Gasteiger charge is -2.20. The average Bonchev–Trinajstić information content (AvgIpc) is 2.62. The molecule has 0 aliphatic carbocycles. The molecule has 0 amide bonds. The zero-order valence-electron chi connectivity index (χ0n) is 11.3. The van der Waals surface area contributed by atoms with E-state index in [2.05, 4.69) is 51.4 Å². The van der Waals surface area contributed by atoms with E-state index in [0.29, 0.717) is 19.0 Å². The number of aliphatic hydroxyl groups excluding tert-OH is 1. The summed E-state index contributed by atoms with van der Waals surface area (Å²) in [4.78, 5) is 2.15. The van der Waals surface area contributed by atoms with Gasteiger partial charge in [0.15, 0.2) is 0 Å². The molecule has 0 bridgehead atoms. The van der Waals surface area contributed by atoms with Crippen molar-refractivity contribution in [2.45, 2.75) is 26.5 Å². The Kier molecular flexibility index (Phi) is 7.41. The van der Waals surface area contributed by atoms with Crippen LogP contribution in [0.1, 0.15) is 19.4 Å². The second kappa shape index (κ2) is 8.27. The average molecular weight is 335 g/mol. The van der Waals surface area contributed by atoms with Gasteiger partial charge in [-0.3, -0.25) is 4.90 Å². The molecule has 0 saturated carbocycles. The van der Waals surface area contributed by atoms with E-state index in [1.54, 1.807) is 11.3 Å². The molecule has 0 spiro atoms. The first-order chi connectivity index (χ1) is 8.47. The van der Waals surface area contributed by atoms with Crippen LogP contribution in [0.5, 0.6) is 0 Å². The van der Waals surface area contributed by atoms with Crippen molar-refractivity contribution in [1.29, 1.82) is 0 Å². The third kappa shape index (κ3) is 6.85. The molecular weight excluding hydrogens is 312 g/mol. The highest BCUT2D eigenvalue weighted by Crippen LogP contribution is 2.21. The van der Waals surface area contributed by atoms with Gasteiger partial charge in [0.2, 0.25) is 0 Å². The molecule has 0 aliphatic heterocycles. The zero-order valence-corrected chi connectivity index (χ0v) is 13.7. The van der Waals surface area contributed by atoms with Crippen LogP contribution >= 0.6 is 27.3 Å². The Bertz CT molecular complexity index is 343. The number of halogens is 1. The molecule has 1 unspecified atom stereocenters. The maximum Gasteiger partial charge on any atom is 0.0791 e. The summed E-state index contributed by atoms with van der Waals surface area (Å²) < 4.78 is 1.16. The first kappa shape index (κ1) is 16.1. The van der Waals surface area contributed by atoms with Crippen molar-refractivity contribution in [3.63, 3.8) is 0 Å². The van der Waals surface area contributed by atoms with Gasteiger partial charge in [-0.2, -0.15) is 0 Å².